The molecule has 0 aliphatic rings. The van der Waals surface area contributed by atoms with Crippen LogP contribution in [0.5, 0.6) is 0 Å². The fourth-order valence-electron chi connectivity index (χ4n) is 1.78. The van der Waals surface area contributed by atoms with Gasteiger partial charge in [0.05, 0.1) is 0 Å². The van der Waals surface area contributed by atoms with E-state index in [2.05, 4.69) is 43.7 Å². The van der Waals surface area contributed by atoms with E-state index in [-0.39, 0.29) is 0 Å². The standard InChI is InChI=1S/C11H19NS/c1-4-11(12-3)9(2)8-10-6-5-7-13-10/h5-7,9,11-12H,4,8H2,1-3H3. The second kappa shape index (κ2) is 5.40. The van der Waals surface area contributed by atoms with Gasteiger partial charge >= 0.3 is 0 Å². The molecule has 1 nitrogen and oxygen atoms in total. The lowest BCUT2D eigenvalue weighted by Crippen LogP contribution is -2.32. The summed E-state index contributed by atoms with van der Waals surface area (Å²) in [6.45, 7) is 4.57. The van der Waals surface area contributed by atoms with Gasteiger partial charge in [0.1, 0.15) is 0 Å². The number of hydrogen-bond donors (Lipinski definition) is 1. The van der Waals surface area contributed by atoms with Gasteiger partial charge in [-0.1, -0.05) is 19.9 Å². The van der Waals surface area contributed by atoms with Crippen LogP contribution in [-0.4, -0.2) is 13.1 Å². The van der Waals surface area contributed by atoms with E-state index < -0.39 is 0 Å². The van der Waals surface area contributed by atoms with Crippen molar-refractivity contribution in [3.63, 3.8) is 0 Å². The van der Waals surface area contributed by atoms with Crippen LogP contribution in [-0.2, 0) is 6.42 Å². The van der Waals surface area contributed by atoms with Gasteiger partial charge in [-0.25, -0.2) is 0 Å². The van der Waals surface area contributed by atoms with Crippen molar-refractivity contribution >= 4 is 11.3 Å². The highest BCUT2D eigenvalue weighted by Crippen LogP contribution is 2.17. The first-order valence-corrected chi connectivity index (χ1v) is 5.85. The highest BCUT2D eigenvalue weighted by atomic mass is 32.1. The van der Waals surface area contributed by atoms with E-state index in [1.165, 1.54) is 17.7 Å². The van der Waals surface area contributed by atoms with Crippen molar-refractivity contribution in [2.75, 3.05) is 7.05 Å². The molecule has 0 saturated carbocycles. The SMILES string of the molecule is CCC(NC)C(C)Cc1cccs1. The zero-order chi connectivity index (χ0) is 9.68. The lowest BCUT2D eigenvalue weighted by Gasteiger charge is -2.21. The minimum Gasteiger partial charge on any atom is -0.317 e. The van der Waals surface area contributed by atoms with Gasteiger partial charge in [-0.3, -0.25) is 0 Å². The van der Waals surface area contributed by atoms with Crippen LogP contribution >= 0.6 is 11.3 Å². The Balaban J connectivity index is 2.44. The van der Waals surface area contributed by atoms with Crippen LogP contribution in [0.25, 0.3) is 0 Å². The molecule has 0 spiro atoms. The van der Waals surface area contributed by atoms with Crippen LogP contribution in [0.1, 0.15) is 25.1 Å². The molecule has 0 amide bonds. The average molecular weight is 197 g/mol. The lowest BCUT2D eigenvalue weighted by molar-refractivity contribution is 0.388. The Morgan fingerprint density at radius 2 is 2.31 bits per heavy atom. The van der Waals surface area contributed by atoms with Crippen LogP contribution in [0, 0.1) is 5.92 Å². The van der Waals surface area contributed by atoms with Crippen LogP contribution in [0.2, 0.25) is 0 Å². The molecule has 2 unspecified atom stereocenters. The van der Waals surface area contributed by atoms with E-state index in [0.717, 1.165) is 5.92 Å². The van der Waals surface area contributed by atoms with Crippen LogP contribution < -0.4 is 5.32 Å². The van der Waals surface area contributed by atoms with E-state index in [0.29, 0.717) is 6.04 Å². The molecule has 1 heterocycles. The van der Waals surface area contributed by atoms with Gasteiger partial charge in [0.15, 0.2) is 0 Å². The van der Waals surface area contributed by atoms with E-state index in [1.807, 2.05) is 11.3 Å². The molecule has 2 heteroatoms. The molecule has 0 aliphatic heterocycles. The largest absolute Gasteiger partial charge is 0.317 e. The first-order valence-electron chi connectivity index (χ1n) is 4.97. The normalized spacial score (nSPS) is 15.6. The summed E-state index contributed by atoms with van der Waals surface area (Å²) in [5, 5.41) is 5.52. The van der Waals surface area contributed by atoms with Gasteiger partial charge < -0.3 is 5.32 Å². The molecule has 1 N–H and O–H groups in total. The molecule has 0 bridgehead atoms. The molecule has 1 rings (SSSR count). The quantitative estimate of drug-likeness (QED) is 0.765. The third kappa shape index (κ3) is 3.12. The van der Waals surface area contributed by atoms with Crippen molar-refractivity contribution in [3.05, 3.63) is 22.4 Å². The Kier molecular flexibility index (Phi) is 4.46. The summed E-state index contributed by atoms with van der Waals surface area (Å²) in [6.07, 6.45) is 2.42. The van der Waals surface area contributed by atoms with E-state index in [4.69, 9.17) is 0 Å². The molecule has 1 aromatic heterocycles. The van der Waals surface area contributed by atoms with Crippen molar-refractivity contribution < 1.29 is 0 Å². The van der Waals surface area contributed by atoms with Gasteiger partial charge in [-0.05, 0) is 37.3 Å². The molecule has 0 saturated heterocycles. The van der Waals surface area contributed by atoms with Gasteiger partial charge in [0.2, 0.25) is 0 Å². The highest BCUT2D eigenvalue weighted by molar-refractivity contribution is 7.09. The summed E-state index contributed by atoms with van der Waals surface area (Å²) < 4.78 is 0. The molecular formula is C11H19NS. The topological polar surface area (TPSA) is 12.0 Å². The maximum atomic E-state index is 3.37. The summed E-state index contributed by atoms with van der Waals surface area (Å²) >= 11 is 1.86. The zero-order valence-corrected chi connectivity index (χ0v) is 9.53. The molecule has 0 fully saturated rings. The minimum absolute atomic E-state index is 0.655. The van der Waals surface area contributed by atoms with Crippen LogP contribution in [0.3, 0.4) is 0 Å². The number of nitrogens with one attached hydrogen (secondary N) is 1. The molecule has 13 heavy (non-hydrogen) atoms. The Bertz CT molecular complexity index is 214. The third-order valence-corrected chi connectivity index (χ3v) is 3.50. The second-order valence-electron chi connectivity index (χ2n) is 3.56. The fourth-order valence-corrected chi connectivity index (χ4v) is 2.63. The Labute approximate surface area is 85.2 Å². The molecule has 0 aliphatic carbocycles. The van der Waals surface area contributed by atoms with Gasteiger partial charge in [0, 0.05) is 10.9 Å². The van der Waals surface area contributed by atoms with Crippen LogP contribution in [0.4, 0.5) is 0 Å². The Hall–Kier alpha value is -0.340. The molecule has 0 aromatic carbocycles. The summed E-state index contributed by atoms with van der Waals surface area (Å²) in [7, 11) is 2.05. The van der Waals surface area contributed by atoms with Gasteiger partial charge in [-0.2, -0.15) is 0 Å². The third-order valence-electron chi connectivity index (χ3n) is 2.60. The lowest BCUT2D eigenvalue weighted by atomic mass is 9.96. The predicted octanol–water partition coefficient (Wildman–Crippen LogP) is 2.92. The first-order chi connectivity index (χ1) is 6.27. The molecule has 74 valence electrons. The smallest absolute Gasteiger partial charge is 0.00905 e. The van der Waals surface area contributed by atoms with E-state index in [9.17, 15) is 0 Å². The van der Waals surface area contributed by atoms with Gasteiger partial charge in [-0.15, -0.1) is 11.3 Å². The maximum Gasteiger partial charge on any atom is 0.00905 e. The van der Waals surface area contributed by atoms with Crippen molar-refractivity contribution in [1.29, 1.82) is 0 Å². The first kappa shape index (κ1) is 10.7. The Morgan fingerprint density at radius 3 is 2.77 bits per heavy atom. The van der Waals surface area contributed by atoms with Crippen molar-refractivity contribution in [3.8, 4) is 0 Å². The predicted molar refractivity (Wildman–Crippen MR) is 60.3 cm³/mol. The number of thiophene rings is 1. The molecular weight excluding hydrogens is 178 g/mol. The number of hydrogen-bond acceptors (Lipinski definition) is 2. The Morgan fingerprint density at radius 1 is 1.54 bits per heavy atom. The molecule has 1 aromatic rings. The summed E-state index contributed by atoms with van der Waals surface area (Å²) in [4.78, 5) is 1.50. The molecule has 0 radical (unpaired) electrons. The second-order valence-corrected chi connectivity index (χ2v) is 4.60. The zero-order valence-electron chi connectivity index (χ0n) is 8.71. The number of rotatable bonds is 5. The summed E-state index contributed by atoms with van der Waals surface area (Å²) in [5.74, 6) is 0.730. The van der Waals surface area contributed by atoms with E-state index >= 15 is 0 Å². The summed E-state index contributed by atoms with van der Waals surface area (Å²) in [5.41, 5.74) is 0. The molecule has 2 atom stereocenters. The average Bonchev–Trinajstić information content (AvgIpc) is 2.59. The fraction of sp³-hybridized carbons (Fsp3) is 0.636. The summed E-state index contributed by atoms with van der Waals surface area (Å²) in [6, 6.07) is 5.01. The van der Waals surface area contributed by atoms with Gasteiger partial charge in [0.25, 0.3) is 0 Å². The minimum atomic E-state index is 0.655. The van der Waals surface area contributed by atoms with Crippen molar-refractivity contribution in [2.45, 2.75) is 32.7 Å². The monoisotopic (exact) mass is 197 g/mol. The van der Waals surface area contributed by atoms with Crippen molar-refractivity contribution in [2.24, 2.45) is 5.92 Å². The maximum absolute atomic E-state index is 3.37. The van der Waals surface area contributed by atoms with E-state index in [1.54, 1.807) is 0 Å². The van der Waals surface area contributed by atoms with Crippen molar-refractivity contribution in [1.82, 2.24) is 5.32 Å². The highest BCUT2D eigenvalue weighted by Gasteiger charge is 2.13. The van der Waals surface area contributed by atoms with Crippen LogP contribution in [0.15, 0.2) is 17.5 Å².